The van der Waals surface area contributed by atoms with Gasteiger partial charge in [-0.1, -0.05) is 0 Å². The van der Waals surface area contributed by atoms with Gasteiger partial charge in [0, 0.05) is 24.7 Å². The topological polar surface area (TPSA) is 50.5 Å². The van der Waals surface area contributed by atoms with Crippen LogP contribution in [0.5, 0.6) is 5.75 Å². The molecule has 20 heavy (non-hydrogen) atoms. The number of benzene rings is 1. The molecule has 3 N–H and O–H groups in total. The van der Waals surface area contributed by atoms with Gasteiger partial charge in [0.2, 0.25) is 0 Å². The monoisotopic (exact) mass is 281 g/mol. The zero-order valence-corrected chi connectivity index (χ0v) is 12.3. The lowest BCUT2D eigenvalue weighted by molar-refractivity contribution is 0.321. The molecule has 1 aromatic rings. The molecule has 1 aliphatic heterocycles. The first-order valence-corrected chi connectivity index (χ1v) is 7.31. The van der Waals surface area contributed by atoms with E-state index in [0.29, 0.717) is 12.3 Å². The van der Waals surface area contributed by atoms with Crippen LogP contribution in [0.25, 0.3) is 0 Å². The van der Waals surface area contributed by atoms with E-state index in [1.54, 1.807) is 6.07 Å². The predicted octanol–water partition coefficient (Wildman–Crippen LogP) is 2.70. The standard InChI is InChI=1S/C15H24FN3O/c1-3-20-15-9-14(13(17)8-12(15)16)18-11(2)10-19-6-4-5-7-19/h8-9,11,18H,3-7,10,17H2,1-2H3. The van der Waals surface area contributed by atoms with E-state index >= 15 is 0 Å². The van der Waals surface area contributed by atoms with E-state index in [9.17, 15) is 4.39 Å². The Morgan fingerprint density at radius 3 is 2.75 bits per heavy atom. The molecular formula is C15H24FN3O. The maximum atomic E-state index is 13.6. The van der Waals surface area contributed by atoms with Gasteiger partial charge in [-0.15, -0.1) is 0 Å². The Morgan fingerprint density at radius 1 is 1.40 bits per heavy atom. The van der Waals surface area contributed by atoms with Gasteiger partial charge in [-0.2, -0.15) is 0 Å². The molecule has 1 heterocycles. The number of nitrogens with zero attached hydrogens (tertiary/aromatic N) is 1. The Morgan fingerprint density at radius 2 is 2.10 bits per heavy atom. The normalized spacial score (nSPS) is 17.1. The summed E-state index contributed by atoms with van der Waals surface area (Å²) < 4.78 is 18.9. The van der Waals surface area contributed by atoms with Crippen molar-refractivity contribution in [1.82, 2.24) is 4.90 Å². The maximum absolute atomic E-state index is 13.6. The number of ether oxygens (including phenoxy) is 1. The summed E-state index contributed by atoms with van der Waals surface area (Å²) in [6, 6.07) is 3.22. The average molecular weight is 281 g/mol. The molecule has 0 bridgehead atoms. The van der Waals surface area contributed by atoms with Crippen LogP contribution in [0, 0.1) is 5.82 Å². The highest BCUT2D eigenvalue weighted by Crippen LogP contribution is 2.28. The highest BCUT2D eigenvalue weighted by Gasteiger charge is 2.16. The van der Waals surface area contributed by atoms with Gasteiger partial charge in [-0.3, -0.25) is 0 Å². The summed E-state index contributed by atoms with van der Waals surface area (Å²) in [5.41, 5.74) is 7.02. The maximum Gasteiger partial charge on any atom is 0.167 e. The lowest BCUT2D eigenvalue weighted by Gasteiger charge is -2.23. The van der Waals surface area contributed by atoms with Crippen LogP contribution in [0.15, 0.2) is 12.1 Å². The van der Waals surface area contributed by atoms with Crippen molar-refractivity contribution in [2.45, 2.75) is 32.7 Å². The van der Waals surface area contributed by atoms with Crippen molar-refractivity contribution in [2.24, 2.45) is 0 Å². The quantitative estimate of drug-likeness (QED) is 0.787. The molecule has 0 saturated carbocycles. The van der Waals surface area contributed by atoms with Gasteiger partial charge in [0.1, 0.15) is 0 Å². The first-order valence-electron chi connectivity index (χ1n) is 7.31. The zero-order chi connectivity index (χ0) is 14.5. The van der Waals surface area contributed by atoms with E-state index < -0.39 is 5.82 Å². The Labute approximate surface area is 120 Å². The van der Waals surface area contributed by atoms with Crippen LogP contribution in [0.1, 0.15) is 26.7 Å². The minimum atomic E-state index is -0.415. The highest BCUT2D eigenvalue weighted by molar-refractivity contribution is 5.69. The molecule has 1 unspecified atom stereocenters. The van der Waals surface area contributed by atoms with Crippen molar-refractivity contribution < 1.29 is 9.13 Å². The van der Waals surface area contributed by atoms with Gasteiger partial charge in [-0.05, 0) is 39.8 Å². The van der Waals surface area contributed by atoms with Gasteiger partial charge in [0.05, 0.1) is 18.0 Å². The lowest BCUT2D eigenvalue weighted by atomic mass is 10.2. The minimum absolute atomic E-state index is 0.248. The second-order valence-electron chi connectivity index (χ2n) is 5.36. The molecule has 112 valence electrons. The summed E-state index contributed by atoms with van der Waals surface area (Å²) in [5, 5.41) is 3.35. The van der Waals surface area contributed by atoms with Crippen LogP contribution in [-0.2, 0) is 0 Å². The van der Waals surface area contributed by atoms with Crippen molar-refractivity contribution in [1.29, 1.82) is 0 Å². The van der Waals surface area contributed by atoms with Crippen molar-refractivity contribution in [3.8, 4) is 5.75 Å². The third-order valence-corrected chi connectivity index (χ3v) is 3.54. The first-order chi connectivity index (χ1) is 9.60. The number of hydrogen-bond acceptors (Lipinski definition) is 4. The van der Waals surface area contributed by atoms with Gasteiger partial charge in [-0.25, -0.2) is 4.39 Å². The van der Waals surface area contributed by atoms with Gasteiger partial charge in [0.15, 0.2) is 11.6 Å². The van der Waals surface area contributed by atoms with Crippen LogP contribution < -0.4 is 15.8 Å². The summed E-state index contributed by atoms with van der Waals surface area (Å²) in [4.78, 5) is 2.43. The number of halogens is 1. The Balaban J connectivity index is 2.01. The van der Waals surface area contributed by atoms with E-state index in [1.165, 1.54) is 18.9 Å². The Bertz CT molecular complexity index is 447. The third kappa shape index (κ3) is 3.76. The summed E-state index contributed by atoms with van der Waals surface area (Å²) in [6.07, 6.45) is 2.56. The number of nitrogen functional groups attached to an aromatic ring is 1. The molecule has 0 spiro atoms. The number of nitrogens with one attached hydrogen (secondary N) is 1. The smallest absolute Gasteiger partial charge is 0.167 e. The molecule has 0 aliphatic carbocycles. The number of hydrogen-bond donors (Lipinski definition) is 2. The first kappa shape index (κ1) is 14.9. The van der Waals surface area contributed by atoms with E-state index in [1.807, 2.05) is 6.92 Å². The summed E-state index contributed by atoms with van der Waals surface area (Å²) >= 11 is 0. The summed E-state index contributed by atoms with van der Waals surface area (Å²) in [6.45, 7) is 7.68. The number of rotatable bonds is 6. The van der Waals surface area contributed by atoms with Crippen LogP contribution in [0.2, 0.25) is 0 Å². The highest BCUT2D eigenvalue weighted by atomic mass is 19.1. The van der Waals surface area contributed by atoms with Crippen molar-refractivity contribution in [3.63, 3.8) is 0 Å². The van der Waals surface area contributed by atoms with E-state index in [-0.39, 0.29) is 11.8 Å². The lowest BCUT2D eigenvalue weighted by Crippen LogP contribution is -2.33. The fraction of sp³-hybridized carbons (Fsp3) is 0.600. The molecule has 2 rings (SSSR count). The van der Waals surface area contributed by atoms with Gasteiger partial charge < -0.3 is 20.7 Å². The molecule has 1 aromatic carbocycles. The molecule has 1 aliphatic rings. The van der Waals surface area contributed by atoms with Crippen LogP contribution in [0.4, 0.5) is 15.8 Å². The van der Waals surface area contributed by atoms with Crippen LogP contribution >= 0.6 is 0 Å². The SMILES string of the molecule is CCOc1cc(NC(C)CN2CCCC2)c(N)cc1F. The molecule has 0 amide bonds. The van der Waals surface area contributed by atoms with E-state index in [4.69, 9.17) is 10.5 Å². The largest absolute Gasteiger partial charge is 0.491 e. The molecule has 1 atom stereocenters. The number of likely N-dealkylation sites (tertiary alicyclic amines) is 1. The summed E-state index contributed by atoms with van der Waals surface area (Å²) in [5.74, 6) is -0.167. The second-order valence-corrected chi connectivity index (χ2v) is 5.36. The Kier molecular flexibility index (Phi) is 5.06. The van der Waals surface area contributed by atoms with E-state index in [0.717, 1.165) is 25.3 Å². The van der Waals surface area contributed by atoms with Crippen molar-refractivity contribution >= 4 is 11.4 Å². The van der Waals surface area contributed by atoms with Crippen LogP contribution in [0.3, 0.4) is 0 Å². The fourth-order valence-corrected chi connectivity index (χ4v) is 2.62. The molecule has 5 heteroatoms. The molecular weight excluding hydrogens is 257 g/mol. The minimum Gasteiger partial charge on any atom is -0.491 e. The van der Waals surface area contributed by atoms with E-state index in [2.05, 4.69) is 17.1 Å². The van der Waals surface area contributed by atoms with Crippen molar-refractivity contribution in [3.05, 3.63) is 17.9 Å². The number of anilines is 2. The van der Waals surface area contributed by atoms with Gasteiger partial charge in [0.25, 0.3) is 0 Å². The molecule has 1 fully saturated rings. The molecule has 0 aromatic heterocycles. The van der Waals surface area contributed by atoms with Crippen LogP contribution in [-0.4, -0.2) is 37.2 Å². The zero-order valence-electron chi connectivity index (χ0n) is 12.3. The molecule has 0 radical (unpaired) electrons. The third-order valence-electron chi connectivity index (χ3n) is 3.54. The average Bonchev–Trinajstić information content (AvgIpc) is 2.88. The predicted molar refractivity (Wildman–Crippen MR) is 80.7 cm³/mol. The van der Waals surface area contributed by atoms with Gasteiger partial charge >= 0.3 is 0 Å². The van der Waals surface area contributed by atoms with Crippen molar-refractivity contribution in [2.75, 3.05) is 37.3 Å². The number of nitrogens with two attached hydrogens (primary N) is 1. The fourth-order valence-electron chi connectivity index (χ4n) is 2.62. The second kappa shape index (κ2) is 6.79. The molecule has 4 nitrogen and oxygen atoms in total. The molecule has 1 saturated heterocycles. The Hall–Kier alpha value is -1.49. The summed E-state index contributed by atoms with van der Waals surface area (Å²) in [7, 11) is 0.